The number of nitriles is 1. The quantitative estimate of drug-likeness (QED) is 0.269. The zero-order valence-corrected chi connectivity index (χ0v) is 23.2. The average molecular weight is 517 g/mol. The molecule has 0 fully saturated rings. The second-order valence-electron chi connectivity index (χ2n) is 10.1. The Morgan fingerprint density at radius 1 is 1.00 bits per heavy atom. The third-order valence-electron chi connectivity index (χ3n) is 7.56. The Labute approximate surface area is 232 Å². The summed E-state index contributed by atoms with van der Waals surface area (Å²) < 4.78 is 6.56. The first-order chi connectivity index (χ1) is 19.1. The molecule has 0 spiro atoms. The van der Waals surface area contributed by atoms with Crippen molar-refractivity contribution in [3.63, 3.8) is 0 Å². The Bertz CT molecular complexity index is 1490. The van der Waals surface area contributed by atoms with Gasteiger partial charge in [0.15, 0.2) is 0 Å². The van der Waals surface area contributed by atoms with Crippen LogP contribution in [0.2, 0.25) is 0 Å². The Kier molecular flexibility index (Phi) is 8.22. The van der Waals surface area contributed by atoms with E-state index in [0.29, 0.717) is 5.57 Å². The van der Waals surface area contributed by atoms with Crippen molar-refractivity contribution < 1.29 is 4.74 Å². The van der Waals surface area contributed by atoms with E-state index in [1.54, 1.807) is 6.20 Å². The molecule has 3 aromatic rings. The number of benzene rings is 1. The summed E-state index contributed by atoms with van der Waals surface area (Å²) in [5.74, 6) is 1.78. The molecule has 0 unspecified atom stereocenters. The van der Waals surface area contributed by atoms with Crippen molar-refractivity contribution in [2.24, 2.45) is 0 Å². The number of anilines is 1. The molecule has 0 radical (unpaired) electrons. The van der Waals surface area contributed by atoms with E-state index in [2.05, 4.69) is 78.1 Å². The highest BCUT2D eigenvalue weighted by Crippen LogP contribution is 2.41. The van der Waals surface area contributed by atoms with Crippen molar-refractivity contribution in [2.75, 3.05) is 18.0 Å². The fourth-order valence-electron chi connectivity index (χ4n) is 5.37. The van der Waals surface area contributed by atoms with Crippen molar-refractivity contribution in [3.8, 4) is 23.2 Å². The minimum atomic E-state index is 0.607. The molecule has 0 saturated carbocycles. The molecule has 2 aliphatic rings. The zero-order valence-electron chi connectivity index (χ0n) is 23.2. The van der Waals surface area contributed by atoms with Crippen LogP contribution >= 0.6 is 0 Å². The first-order valence-corrected chi connectivity index (χ1v) is 14.2. The number of hydrogen-bond donors (Lipinski definition) is 0. The van der Waals surface area contributed by atoms with Crippen molar-refractivity contribution in [3.05, 3.63) is 94.5 Å². The van der Waals surface area contributed by atoms with Crippen molar-refractivity contribution >= 4 is 17.3 Å². The second kappa shape index (κ2) is 12.1. The maximum Gasteiger partial charge on any atom is 0.136 e. The standard InChI is InChI=1S/C34H36N4O/c1-4-7-9-24-14-16-36-31(18-24)32-21-25(15-17-37-32)29(23-35)20-28-11-8-10-27-19-26-12-13-30(38(5-2)6-3)22-33(26)39-34(27)28/h12-22H,4-11H2,1-3H3/b29-20+. The van der Waals surface area contributed by atoms with Crippen molar-refractivity contribution in [1.29, 1.82) is 5.26 Å². The molecule has 5 rings (SSSR count). The van der Waals surface area contributed by atoms with Gasteiger partial charge in [-0.2, -0.15) is 5.26 Å². The first-order valence-electron chi connectivity index (χ1n) is 14.2. The van der Waals surface area contributed by atoms with Gasteiger partial charge in [0, 0.05) is 42.8 Å². The molecule has 1 aliphatic carbocycles. The summed E-state index contributed by atoms with van der Waals surface area (Å²) in [5, 5.41) is 10.2. The molecule has 198 valence electrons. The lowest BCUT2D eigenvalue weighted by atomic mass is 9.88. The van der Waals surface area contributed by atoms with Gasteiger partial charge in [-0.1, -0.05) is 13.3 Å². The molecule has 5 heteroatoms. The summed E-state index contributed by atoms with van der Waals surface area (Å²) in [4.78, 5) is 11.5. The second-order valence-corrected chi connectivity index (χ2v) is 10.1. The highest BCUT2D eigenvalue weighted by atomic mass is 16.5. The van der Waals surface area contributed by atoms with Gasteiger partial charge >= 0.3 is 0 Å². The summed E-state index contributed by atoms with van der Waals surface area (Å²) in [6.07, 6.45) is 14.1. The fourth-order valence-corrected chi connectivity index (χ4v) is 5.37. The smallest absolute Gasteiger partial charge is 0.136 e. The maximum atomic E-state index is 10.2. The van der Waals surface area contributed by atoms with Crippen LogP contribution in [0, 0.1) is 11.3 Å². The maximum absolute atomic E-state index is 10.2. The molecular weight excluding hydrogens is 480 g/mol. The molecule has 39 heavy (non-hydrogen) atoms. The van der Waals surface area contributed by atoms with Gasteiger partial charge < -0.3 is 9.64 Å². The van der Waals surface area contributed by atoms with Crippen LogP contribution in [0.15, 0.2) is 77.8 Å². The molecular formula is C34H36N4O. The molecule has 0 atom stereocenters. The summed E-state index contributed by atoms with van der Waals surface area (Å²) >= 11 is 0. The monoisotopic (exact) mass is 516 g/mol. The number of pyridine rings is 2. The molecule has 3 heterocycles. The van der Waals surface area contributed by atoms with Crippen LogP contribution in [-0.2, 0) is 6.42 Å². The lowest BCUT2D eigenvalue weighted by Crippen LogP contribution is -2.22. The van der Waals surface area contributed by atoms with Gasteiger partial charge in [-0.15, -0.1) is 0 Å². The van der Waals surface area contributed by atoms with Gasteiger partial charge in [0.05, 0.1) is 23.0 Å². The van der Waals surface area contributed by atoms with Crippen LogP contribution in [0.25, 0.3) is 23.0 Å². The number of unbranched alkanes of at least 4 members (excludes halogenated alkanes) is 1. The lowest BCUT2D eigenvalue weighted by molar-refractivity contribution is 0.410. The summed E-state index contributed by atoms with van der Waals surface area (Å²) in [6, 6.07) is 17.0. The van der Waals surface area contributed by atoms with E-state index >= 15 is 0 Å². The van der Waals surface area contributed by atoms with E-state index in [-0.39, 0.29) is 0 Å². The SMILES string of the molecule is CCCCc1ccnc(-c2cc(/C(C#N)=C/C3=C4Oc5cc(N(CC)CC)ccc5C=C4CCC3)ccn2)c1. The van der Waals surface area contributed by atoms with E-state index in [4.69, 9.17) is 4.74 Å². The molecule has 0 bridgehead atoms. The minimum absolute atomic E-state index is 0.607. The molecule has 2 aromatic heterocycles. The normalized spacial score (nSPS) is 14.6. The Morgan fingerprint density at radius 3 is 2.56 bits per heavy atom. The van der Waals surface area contributed by atoms with Gasteiger partial charge in [0.2, 0.25) is 0 Å². The molecule has 1 aliphatic heterocycles. The number of aryl methyl sites for hydroxylation is 1. The fraction of sp³-hybridized carbons (Fsp3) is 0.324. The van der Waals surface area contributed by atoms with Crippen LogP contribution in [-0.4, -0.2) is 23.1 Å². The molecule has 5 nitrogen and oxygen atoms in total. The Balaban J connectivity index is 1.48. The van der Waals surface area contributed by atoms with Gasteiger partial charge in [0.25, 0.3) is 0 Å². The van der Waals surface area contributed by atoms with Crippen molar-refractivity contribution in [2.45, 2.75) is 59.3 Å². The number of ether oxygens (including phenoxy) is 1. The van der Waals surface area contributed by atoms with E-state index in [1.807, 2.05) is 24.4 Å². The Morgan fingerprint density at radius 2 is 1.79 bits per heavy atom. The predicted octanol–water partition coefficient (Wildman–Crippen LogP) is 8.15. The number of rotatable bonds is 9. The predicted molar refractivity (Wildman–Crippen MR) is 159 cm³/mol. The van der Waals surface area contributed by atoms with E-state index in [0.717, 1.165) is 91.2 Å². The zero-order chi connectivity index (χ0) is 27.2. The van der Waals surface area contributed by atoms with E-state index in [9.17, 15) is 5.26 Å². The van der Waals surface area contributed by atoms with Crippen LogP contribution < -0.4 is 9.64 Å². The number of hydrogen-bond acceptors (Lipinski definition) is 5. The number of fused-ring (bicyclic) bond motifs is 2. The number of nitrogens with zero attached hydrogens (tertiary/aromatic N) is 4. The minimum Gasteiger partial charge on any atom is -0.456 e. The highest BCUT2D eigenvalue weighted by Gasteiger charge is 2.24. The average Bonchev–Trinajstić information content (AvgIpc) is 2.98. The number of aromatic nitrogens is 2. The van der Waals surface area contributed by atoms with Gasteiger partial charge in [0.1, 0.15) is 11.5 Å². The summed E-state index contributed by atoms with van der Waals surface area (Å²) in [5.41, 5.74) is 8.88. The van der Waals surface area contributed by atoms with E-state index in [1.165, 1.54) is 16.8 Å². The van der Waals surface area contributed by atoms with Crippen LogP contribution in [0.5, 0.6) is 5.75 Å². The lowest BCUT2D eigenvalue weighted by Gasteiger charge is -2.28. The van der Waals surface area contributed by atoms with Gasteiger partial charge in [-0.25, -0.2) is 0 Å². The van der Waals surface area contributed by atoms with E-state index < -0.39 is 0 Å². The third-order valence-corrected chi connectivity index (χ3v) is 7.56. The molecule has 1 aromatic carbocycles. The third kappa shape index (κ3) is 5.81. The van der Waals surface area contributed by atoms with Gasteiger partial charge in [-0.05, 0) is 117 Å². The summed E-state index contributed by atoms with van der Waals surface area (Å²) in [6.45, 7) is 8.43. The first kappa shape index (κ1) is 26.4. The molecule has 0 N–H and O–H groups in total. The van der Waals surface area contributed by atoms with Crippen LogP contribution in [0.4, 0.5) is 5.69 Å². The van der Waals surface area contributed by atoms with Gasteiger partial charge in [-0.3, -0.25) is 9.97 Å². The van der Waals surface area contributed by atoms with Crippen molar-refractivity contribution in [1.82, 2.24) is 9.97 Å². The number of allylic oxidation sites excluding steroid dienone is 4. The molecule has 0 saturated heterocycles. The van der Waals surface area contributed by atoms with Crippen LogP contribution in [0.3, 0.4) is 0 Å². The molecule has 0 amide bonds. The Hall–Kier alpha value is -4.17. The highest BCUT2D eigenvalue weighted by molar-refractivity contribution is 5.81. The van der Waals surface area contributed by atoms with Crippen LogP contribution in [0.1, 0.15) is 69.6 Å². The largest absolute Gasteiger partial charge is 0.456 e. The topological polar surface area (TPSA) is 62.0 Å². The summed E-state index contributed by atoms with van der Waals surface area (Å²) in [7, 11) is 0.